The van der Waals surface area contributed by atoms with Gasteiger partial charge >= 0.3 is 0 Å². The summed E-state index contributed by atoms with van der Waals surface area (Å²) in [6.45, 7) is 0.936. The first-order valence-electron chi connectivity index (χ1n) is 3.14. The second-order valence-electron chi connectivity index (χ2n) is 2.29. The van der Waals surface area contributed by atoms with E-state index in [9.17, 15) is 0 Å². The Balaban J connectivity index is 2.52. The summed E-state index contributed by atoms with van der Waals surface area (Å²) in [5, 5.41) is 0. The third-order valence-corrected chi connectivity index (χ3v) is 2.44. The Bertz CT molecular complexity index is 260. The maximum absolute atomic E-state index is 5.59. The third kappa shape index (κ3) is 0.874. The molecule has 10 heavy (non-hydrogen) atoms. The molecule has 2 nitrogen and oxygen atoms in total. The molecule has 3 N–H and O–H groups in total. The standard InChI is InChI=1S/C7H8N2S/c8-6-1-2-7-5(3-6)4-9-10-7/h1-3,9H,4,8H2. The highest BCUT2D eigenvalue weighted by atomic mass is 32.2. The number of rotatable bonds is 0. The predicted molar refractivity (Wildman–Crippen MR) is 43.6 cm³/mol. The van der Waals surface area contributed by atoms with Crippen LogP contribution in [0.3, 0.4) is 0 Å². The van der Waals surface area contributed by atoms with Crippen molar-refractivity contribution in [1.29, 1.82) is 0 Å². The third-order valence-electron chi connectivity index (χ3n) is 1.53. The molecule has 0 fully saturated rings. The highest BCUT2D eigenvalue weighted by Gasteiger charge is 2.09. The molecule has 0 bridgehead atoms. The van der Waals surface area contributed by atoms with Crippen LogP contribution in [0.1, 0.15) is 5.56 Å². The molecule has 0 unspecified atom stereocenters. The number of anilines is 1. The largest absolute Gasteiger partial charge is 0.399 e. The summed E-state index contributed by atoms with van der Waals surface area (Å²) >= 11 is 1.67. The maximum Gasteiger partial charge on any atom is 0.0325 e. The maximum atomic E-state index is 5.59. The minimum absolute atomic E-state index is 0.850. The fourth-order valence-electron chi connectivity index (χ4n) is 1.03. The first-order chi connectivity index (χ1) is 4.86. The average Bonchev–Trinajstić information content (AvgIpc) is 2.33. The molecular weight excluding hydrogens is 144 g/mol. The molecule has 0 spiro atoms. The van der Waals surface area contributed by atoms with E-state index in [1.807, 2.05) is 12.1 Å². The van der Waals surface area contributed by atoms with Crippen molar-refractivity contribution in [3.8, 4) is 0 Å². The monoisotopic (exact) mass is 152 g/mol. The zero-order valence-corrected chi connectivity index (χ0v) is 6.24. The molecule has 2 rings (SSSR count). The first kappa shape index (κ1) is 6.07. The number of nitrogens with one attached hydrogen (secondary N) is 1. The van der Waals surface area contributed by atoms with Gasteiger partial charge in [-0.15, -0.1) is 0 Å². The molecule has 1 aromatic carbocycles. The van der Waals surface area contributed by atoms with Crippen molar-refractivity contribution in [3.63, 3.8) is 0 Å². The van der Waals surface area contributed by atoms with Crippen molar-refractivity contribution in [1.82, 2.24) is 4.72 Å². The van der Waals surface area contributed by atoms with Gasteiger partial charge in [0, 0.05) is 17.1 Å². The van der Waals surface area contributed by atoms with Gasteiger partial charge in [0.1, 0.15) is 0 Å². The second kappa shape index (κ2) is 2.18. The molecule has 0 amide bonds. The summed E-state index contributed by atoms with van der Waals surface area (Å²) < 4.78 is 3.18. The molecule has 0 aliphatic carbocycles. The van der Waals surface area contributed by atoms with E-state index in [4.69, 9.17) is 5.73 Å². The highest BCUT2D eigenvalue weighted by molar-refractivity contribution is 7.97. The van der Waals surface area contributed by atoms with Crippen LogP contribution in [0.5, 0.6) is 0 Å². The van der Waals surface area contributed by atoms with Gasteiger partial charge in [-0.25, -0.2) is 0 Å². The van der Waals surface area contributed by atoms with Crippen molar-refractivity contribution >= 4 is 17.6 Å². The van der Waals surface area contributed by atoms with Crippen LogP contribution in [-0.4, -0.2) is 0 Å². The van der Waals surface area contributed by atoms with E-state index in [0.717, 1.165) is 12.2 Å². The molecule has 52 valence electrons. The first-order valence-corrected chi connectivity index (χ1v) is 3.96. The SMILES string of the molecule is Nc1ccc2c(c1)CNS2. The van der Waals surface area contributed by atoms with Crippen molar-refractivity contribution in [2.24, 2.45) is 0 Å². The second-order valence-corrected chi connectivity index (χ2v) is 3.22. The molecular formula is C7H8N2S. The van der Waals surface area contributed by atoms with E-state index >= 15 is 0 Å². The zero-order chi connectivity index (χ0) is 6.97. The normalized spacial score (nSPS) is 15.2. The van der Waals surface area contributed by atoms with E-state index in [-0.39, 0.29) is 0 Å². The lowest BCUT2D eigenvalue weighted by molar-refractivity contribution is 0.995. The van der Waals surface area contributed by atoms with Crippen LogP contribution in [-0.2, 0) is 6.54 Å². The van der Waals surface area contributed by atoms with Gasteiger partial charge in [-0.3, -0.25) is 4.72 Å². The van der Waals surface area contributed by atoms with Crippen molar-refractivity contribution in [3.05, 3.63) is 23.8 Å². The Hall–Kier alpha value is -0.670. The Morgan fingerprint density at radius 1 is 1.50 bits per heavy atom. The number of hydrogen-bond donors (Lipinski definition) is 2. The van der Waals surface area contributed by atoms with E-state index in [1.165, 1.54) is 10.5 Å². The molecule has 3 heteroatoms. The average molecular weight is 152 g/mol. The highest BCUT2D eigenvalue weighted by Crippen LogP contribution is 2.28. The van der Waals surface area contributed by atoms with Crippen LogP contribution in [0.25, 0.3) is 0 Å². The van der Waals surface area contributed by atoms with Gasteiger partial charge in [-0.05, 0) is 35.7 Å². The Morgan fingerprint density at radius 3 is 3.30 bits per heavy atom. The molecule has 0 saturated heterocycles. The van der Waals surface area contributed by atoms with E-state index in [2.05, 4.69) is 10.8 Å². The van der Waals surface area contributed by atoms with Crippen molar-refractivity contribution < 1.29 is 0 Å². The van der Waals surface area contributed by atoms with E-state index in [0.29, 0.717) is 0 Å². The molecule has 1 aliphatic rings. The minimum atomic E-state index is 0.850. The molecule has 0 saturated carbocycles. The topological polar surface area (TPSA) is 38.0 Å². The lowest BCUT2D eigenvalue weighted by Crippen LogP contribution is -1.92. The van der Waals surface area contributed by atoms with Gasteiger partial charge in [0.05, 0.1) is 0 Å². The number of nitrogen functional groups attached to an aromatic ring is 1. The van der Waals surface area contributed by atoms with Crippen molar-refractivity contribution in [2.75, 3.05) is 5.73 Å². The van der Waals surface area contributed by atoms with E-state index in [1.54, 1.807) is 11.9 Å². The Labute approximate surface area is 63.9 Å². The van der Waals surface area contributed by atoms with Gasteiger partial charge in [0.25, 0.3) is 0 Å². The van der Waals surface area contributed by atoms with Gasteiger partial charge in [0.15, 0.2) is 0 Å². The lowest BCUT2D eigenvalue weighted by Gasteiger charge is -1.95. The molecule has 0 atom stereocenters. The summed E-state index contributed by atoms with van der Waals surface area (Å²) in [5.41, 5.74) is 7.75. The van der Waals surface area contributed by atoms with E-state index < -0.39 is 0 Å². The summed E-state index contributed by atoms with van der Waals surface area (Å²) in [5.74, 6) is 0. The number of nitrogens with two attached hydrogens (primary N) is 1. The van der Waals surface area contributed by atoms with Crippen molar-refractivity contribution in [2.45, 2.75) is 11.4 Å². The predicted octanol–water partition coefficient (Wildman–Crippen LogP) is 1.38. The smallest absolute Gasteiger partial charge is 0.0325 e. The molecule has 1 aromatic rings. The minimum Gasteiger partial charge on any atom is -0.399 e. The number of benzene rings is 1. The molecule has 1 aliphatic heterocycles. The van der Waals surface area contributed by atoms with Crippen LogP contribution >= 0.6 is 11.9 Å². The fourth-order valence-corrected chi connectivity index (χ4v) is 1.81. The number of fused-ring (bicyclic) bond motifs is 1. The Kier molecular flexibility index (Phi) is 1.32. The Morgan fingerprint density at radius 2 is 2.40 bits per heavy atom. The lowest BCUT2D eigenvalue weighted by atomic mass is 10.2. The fraction of sp³-hybridized carbons (Fsp3) is 0.143. The number of hydrogen-bond acceptors (Lipinski definition) is 3. The molecule has 0 radical (unpaired) electrons. The quantitative estimate of drug-likeness (QED) is 0.435. The summed E-state index contributed by atoms with van der Waals surface area (Å²) in [6, 6.07) is 6.00. The van der Waals surface area contributed by atoms with Gasteiger partial charge in [-0.2, -0.15) is 0 Å². The summed E-state index contributed by atoms with van der Waals surface area (Å²) in [4.78, 5) is 1.30. The van der Waals surface area contributed by atoms with Gasteiger partial charge in [0.2, 0.25) is 0 Å². The van der Waals surface area contributed by atoms with Crippen LogP contribution in [0.15, 0.2) is 23.1 Å². The summed E-state index contributed by atoms with van der Waals surface area (Å²) in [6.07, 6.45) is 0. The summed E-state index contributed by atoms with van der Waals surface area (Å²) in [7, 11) is 0. The van der Waals surface area contributed by atoms with Gasteiger partial charge < -0.3 is 5.73 Å². The van der Waals surface area contributed by atoms with Crippen LogP contribution < -0.4 is 10.5 Å². The van der Waals surface area contributed by atoms with Crippen LogP contribution in [0, 0.1) is 0 Å². The molecule has 1 heterocycles. The van der Waals surface area contributed by atoms with Crippen LogP contribution in [0.4, 0.5) is 5.69 Å². The van der Waals surface area contributed by atoms with Crippen LogP contribution in [0.2, 0.25) is 0 Å². The zero-order valence-electron chi connectivity index (χ0n) is 5.42. The molecule has 0 aromatic heterocycles. The van der Waals surface area contributed by atoms with Gasteiger partial charge in [-0.1, -0.05) is 0 Å².